The van der Waals surface area contributed by atoms with E-state index in [-0.39, 0.29) is 5.91 Å². The molecular formula is C18H23N3OS. The van der Waals surface area contributed by atoms with Gasteiger partial charge in [-0.05, 0) is 49.9 Å². The summed E-state index contributed by atoms with van der Waals surface area (Å²) in [6.45, 7) is 1.42. The van der Waals surface area contributed by atoms with Crippen LogP contribution in [0.5, 0.6) is 0 Å². The maximum absolute atomic E-state index is 12.5. The summed E-state index contributed by atoms with van der Waals surface area (Å²) in [6.07, 6.45) is 6.36. The molecule has 0 bridgehead atoms. The molecule has 0 radical (unpaired) electrons. The minimum absolute atomic E-state index is 0.0626. The third kappa shape index (κ3) is 3.62. The lowest BCUT2D eigenvalue weighted by Gasteiger charge is -2.24. The number of likely N-dealkylation sites (tertiary alicyclic amines) is 1. The molecule has 2 heterocycles. The fraction of sp³-hybridized carbons (Fsp3) is 0.389. The molecule has 1 saturated heterocycles. The Bertz CT molecular complexity index is 682. The lowest BCUT2D eigenvalue weighted by Crippen LogP contribution is -2.33. The second-order valence-corrected chi connectivity index (χ2v) is 6.77. The van der Waals surface area contributed by atoms with Crippen LogP contribution in [0.25, 0.3) is 0 Å². The zero-order valence-electron chi connectivity index (χ0n) is 13.7. The van der Waals surface area contributed by atoms with Gasteiger partial charge in [-0.3, -0.25) is 9.69 Å². The van der Waals surface area contributed by atoms with Crippen LogP contribution in [0, 0.1) is 0 Å². The van der Waals surface area contributed by atoms with Gasteiger partial charge in [0, 0.05) is 23.8 Å². The molecule has 0 unspecified atom stereocenters. The van der Waals surface area contributed by atoms with Crippen LogP contribution in [-0.4, -0.2) is 34.7 Å². The third-order valence-corrected chi connectivity index (χ3v) is 5.21. The Balaban J connectivity index is 1.66. The van der Waals surface area contributed by atoms with Crippen LogP contribution in [0.15, 0.2) is 47.5 Å². The first-order valence-electron chi connectivity index (χ1n) is 7.97. The summed E-state index contributed by atoms with van der Waals surface area (Å²) < 4.78 is 2.16. The van der Waals surface area contributed by atoms with E-state index >= 15 is 0 Å². The molecule has 4 nitrogen and oxygen atoms in total. The number of hydrogen-bond acceptors (Lipinski definition) is 3. The zero-order valence-corrected chi connectivity index (χ0v) is 14.5. The quantitative estimate of drug-likeness (QED) is 0.853. The fourth-order valence-corrected chi connectivity index (χ4v) is 3.85. The minimum Gasteiger partial charge on any atom is -0.353 e. The van der Waals surface area contributed by atoms with Crippen molar-refractivity contribution >= 4 is 23.4 Å². The van der Waals surface area contributed by atoms with E-state index in [4.69, 9.17) is 0 Å². The molecule has 2 aromatic rings. The normalized spacial score (nSPS) is 18.3. The van der Waals surface area contributed by atoms with Gasteiger partial charge < -0.3 is 9.88 Å². The molecule has 1 amide bonds. The van der Waals surface area contributed by atoms with Gasteiger partial charge in [0.15, 0.2) is 0 Å². The number of nitrogens with one attached hydrogen (secondary N) is 1. The molecule has 1 aromatic heterocycles. The number of aromatic nitrogens is 1. The number of amides is 1. The largest absolute Gasteiger partial charge is 0.353 e. The predicted octanol–water partition coefficient (Wildman–Crippen LogP) is 3.52. The lowest BCUT2D eigenvalue weighted by molar-refractivity contribution is -0.117. The van der Waals surface area contributed by atoms with Gasteiger partial charge in [0.2, 0.25) is 5.91 Å². The van der Waals surface area contributed by atoms with E-state index in [9.17, 15) is 4.79 Å². The van der Waals surface area contributed by atoms with E-state index in [1.165, 1.54) is 5.69 Å². The van der Waals surface area contributed by atoms with Crippen LogP contribution >= 0.6 is 11.8 Å². The van der Waals surface area contributed by atoms with E-state index < -0.39 is 0 Å². The monoisotopic (exact) mass is 329 g/mol. The zero-order chi connectivity index (χ0) is 16.2. The Morgan fingerprint density at radius 1 is 1.30 bits per heavy atom. The standard InChI is InChI=1S/C18H23N3OS/c1-20-11-5-8-15(20)16-9-6-12-21(16)13-18(22)19-14-7-3-4-10-17(14)23-2/h3-5,7-8,10-11,16H,6,9,12-13H2,1-2H3,(H,19,22)/t16-/m0/s1. The summed E-state index contributed by atoms with van der Waals surface area (Å²) in [5, 5.41) is 3.06. The number of anilines is 1. The molecule has 0 saturated carbocycles. The molecule has 1 fully saturated rings. The van der Waals surface area contributed by atoms with Gasteiger partial charge in [-0.1, -0.05) is 12.1 Å². The highest BCUT2D eigenvalue weighted by atomic mass is 32.2. The minimum atomic E-state index is 0.0626. The Morgan fingerprint density at radius 3 is 2.87 bits per heavy atom. The van der Waals surface area contributed by atoms with Crippen molar-refractivity contribution in [2.24, 2.45) is 7.05 Å². The number of rotatable bonds is 5. The number of thioether (sulfide) groups is 1. The van der Waals surface area contributed by atoms with Crippen molar-refractivity contribution in [3.8, 4) is 0 Å². The van der Waals surface area contributed by atoms with Crippen molar-refractivity contribution in [1.29, 1.82) is 0 Å². The second-order valence-electron chi connectivity index (χ2n) is 5.92. The Labute approximate surface area is 141 Å². The number of nitrogens with zero attached hydrogens (tertiary/aromatic N) is 2. The van der Waals surface area contributed by atoms with Gasteiger partial charge in [-0.25, -0.2) is 0 Å². The van der Waals surface area contributed by atoms with Gasteiger partial charge in [0.05, 0.1) is 18.3 Å². The maximum atomic E-state index is 12.5. The number of aryl methyl sites for hydroxylation is 1. The number of carbonyl (C=O) groups excluding carboxylic acids is 1. The smallest absolute Gasteiger partial charge is 0.238 e. The van der Waals surface area contributed by atoms with Crippen molar-refractivity contribution in [2.45, 2.75) is 23.8 Å². The number of carbonyl (C=O) groups is 1. The van der Waals surface area contributed by atoms with Crippen LogP contribution in [-0.2, 0) is 11.8 Å². The van der Waals surface area contributed by atoms with E-state index in [1.54, 1.807) is 11.8 Å². The van der Waals surface area contributed by atoms with Crippen LogP contribution in [0.1, 0.15) is 24.6 Å². The fourth-order valence-electron chi connectivity index (χ4n) is 3.29. The van der Waals surface area contributed by atoms with Crippen molar-refractivity contribution in [3.63, 3.8) is 0 Å². The number of para-hydroxylation sites is 1. The molecule has 1 atom stereocenters. The topological polar surface area (TPSA) is 37.3 Å². The molecule has 0 spiro atoms. The van der Waals surface area contributed by atoms with E-state index in [0.717, 1.165) is 30.0 Å². The highest BCUT2D eigenvalue weighted by Gasteiger charge is 2.29. The number of hydrogen-bond donors (Lipinski definition) is 1. The van der Waals surface area contributed by atoms with Crippen LogP contribution in [0.4, 0.5) is 5.69 Å². The predicted molar refractivity (Wildman–Crippen MR) is 95.8 cm³/mol. The average molecular weight is 329 g/mol. The van der Waals surface area contributed by atoms with Crippen LogP contribution in [0.2, 0.25) is 0 Å². The van der Waals surface area contributed by atoms with Gasteiger partial charge in [0.25, 0.3) is 0 Å². The molecule has 5 heteroatoms. The Kier molecular flexibility index (Phi) is 5.08. The van der Waals surface area contributed by atoms with Crippen LogP contribution in [0.3, 0.4) is 0 Å². The summed E-state index contributed by atoms with van der Waals surface area (Å²) in [7, 11) is 2.07. The summed E-state index contributed by atoms with van der Waals surface area (Å²) in [5.74, 6) is 0.0626. The SMILES string of the molecule is CSc1ccccc1NC(=O)CN1CCC[C@H]1c1cccn1C. The third-order valence-electron chi connectivity index (χ3n) is 4.42. The summed E-state index contributed by atoms with van der Waals surface area (Å²) >= 11 is 1.65. The first kappa shape index (κ1) is 16.1. The van der Waals surface area contributed by atoms with Gasteiger partial charge in [-0.15, -0.1) is 11.8 Å². The number of benzene rings is 1. The molecule has 1 aliphatic rings. The molecule has 1 aliphatic heterocycles. The molecule has 0 aliphatic carbocycles. The molecular weight excluding hydrogens is 306 g/mol. The average Bonchev–Trinajstić information content (AvgIpc) is 3.16. The highest BCUT2D eigenvalue weighted by molar-refractivity contribution is 7.98. The molecule has 23 heavy (non-hydrogen) atoms. The van der Waals surface area contributed by atoms with Gasteiger partial charge >= 0.3 is 0 Å². The maximum Gasteiger partial charge on any atom is 0.238 e. The molecule has 3 rings (SSSR count). The van der Waals surface area contributed by atoms with Crippen molar-refractivity contribution in [2.75, 3.05) is 24.7 Å². The van der Waals surface area contributed by atoms with Crippen LogP contribution < -0.4 is 5.32 Å². The van der Waals surface area contributed by atoms with Crippen molar-refractivity contribution < 1.29 is 4.79 Å². The molecule has 1 N–H and O–H groups in total. The summed E-state index contributed by atoms with van der Waals surface area (Å²) in [4.78, 5) is 15.9. The van der Waals surface area contributed by atoms with Crippen molar-refractivity contribution in [3.05, 3.63) is 48.3 Å². The van der Waals surface area contributed by atoms with E-state index in [1.807, 2.05) is 30.5 Å². The van der Waals surface area contributed by atoms with E-state index in [0.29, 0.717) is 12.6 Å². The molecule has 122 valence electrons. The van der Waals surface area contributed by atoms with Gasteiger partial charge in [-0.2, -0.15) is 0 Å². The summed E-state index contributed by atoms with van der Waals surface area (Å²) in [5.41, 5.74) is 2.19. The first-order chi connectivity index (χ1) is 11.2. The van der Waals surface area contributed by atoms with E-state index in [2.05, 4.69) is 40.2 Å². The Morgan fingerprint density at radius 2 is 2.13 bits per heavy atom. The van der Waals surface area contributed by atoms with Gasteiger partial charge in [0.1, 0.15) is 0 Å². The first-order valence-corrected chi connectivity index (χ1v) is 9.19. The molecule has 1 aromatic carbocycles. The highest BCUT2D eigenvalue weighted by Crippen LogP contribution is 2.31. The lowest BCUT2D eigenvalue weighted by atomic mass is 10.1. The summed E-state index contributed by atoms with van der Waals surface area (Å²) in [6, 6.07) is 12.5. The van der Waals surface area contributed by atoms with Crippen molar-refractivity contribution in [1.82, 2.24) is 9.47 Å². The second kappa shape index (κ2) is 7.23. The Hall–Kier alpha value is -1.72.